The number of benzene rings is 3. The minimum atomic E-state index is -3.79. The SMILES string of the molecule is O=C(Nc1ccc(F)cc1F)N1CCN(S(=O)(=O)c2ccc(Nc3ccnc4cc(Cl)ccc34)cc2)CC1. The third kappa shape index (κ3) is 5.40. The van der Waals surface area contributed by atoms with Crippen molar-refractivity contribution >= 4 is 55.6 Å². The second kappa shape index (κ2) is 10.5. The maximum absolute atomic E-state index is 13.8. The van der Waals surface area contributed by atoms with E-state index >= 15 is 0 Å². The highest BCUT2D eigenvalue weighted by molar-refractivity contribution is 7.89. The van der Waals surface area contributed by atoms with E-state index in [4.69, 9.17) is 11.6 Å². The van der Waals surface area contributed by atoms with Gasteiger partial charge in [0.25, 0.3) is 0 Å². The molecule has 1 saturated heterocycles. The molecule has 3 aromatic carbocycles. The van der Waals surface area contributed by atoms with Crippen LogP contribution in [-0.4, -0.2) is 54.8 Å². The normalized spacial score (nSPS) is 14.4. The first kappa shape index (κ1) is 25.8. The van der Waals surface area contributed by atoms with E-state index < -0.39 is 27.7 Å². The lowest BCUT2D eigenvalue weighted by atomic mass is 10.2. The van der Waals surface area contributed by atoms with Gasteiger partial charge in [-0.25, -0.2) is 22.0 Å². The minimum Gasteiger partial charge on any atom is -0.355 e. The molecular weight excluding hydrogens is 536 g/mol. The molecule has 0 spiro atoms. The molecule has 8 nitrogen and oxygen atoms in total. The van der Waals surface area contributed by atoms with Crippen LogP contribution >= 0.6 is 11.6 Å². The van der Waals surface area contributed by atoms with Crippen molar-refractivity contribution in [3.63, 3.8) is 0 Å². The van der Waals surface area contributed by atoms with Gasteiger partial charge in [0.1, 0.15) is 11.6 Å². The van der Waals surface area contributed by atoms with Crippen molar-refractivity contribution in [2.75, 3.05) is 36.8 Å². The Morgan fingerprint density at radius 1 is 0.895 bits per heavy atom. The largest absolute Gasteiger partial charge is 0.355 e. The molecule has 1 aliphatic rings. The molecule has 2 amide bonds. The number of anilines is 3. The van der Waals surface area contributed by atoms with Crippen molar-refractivity contribution in [1.29, 1.82) is 0 Å². The molecular formula is C26H22ClF2N5O3S. The standard InChI is InChI=1S/C26H22ClF2N5O3S/c27-17-1-7-21-23(9-10-30-25(21)15-17)31-19-3-5-20(6-4-19)38(36,37)34-13-11-33(12-14-34)26(35)32-24-8-2-18(28)16-22(24)29/h1-10,15-16H,11-14H2,(H,30,31)(H,32,35). The molecule has 0 saturated carbocycles. The van der Waals surface area contributed by atoms with Gasteiger partial charge in [0.05, 0.1) is 16.1 Å². The van der Waals surface area contributed by atoms with Crippen molar-refractivity contribution in [2.45, 2.75) is 4.90 Å². The van der Waals surface area contributed by atoms with Crippen LogP contribution in [0.15, 0.2) is 77.8 Å². The van der Waals surface area contributed by atoms with Gasteiger partial charge in [-0.3, -0.25) is 4.98 Å². The van der Waals surface area contributed by atoms with Crippen molar-refractivity contribution in [1.82, 2.24) is 14.2 Å². The van der Waals surface area contributed by atoms with Crippen LogP contribution in [0, 0.1) is 11.6 Å². The number of piperazine rings is 1. The average molecular weight is 558 g/mol. The van der Waals surface area contributed by atoms with Gasteiger partial charge in [-0.05, 0) is 60.7 Å². The molecule has 38 heavy (non-hydrogen) atoms. The molecule has 0 unspecified atom stereocenters. The number of urea groups is 1. The van der Waals surface area contributed by atoms with Crippen LogP contribution < -0.4 is 10.6 Å². The fraction of sp³-hybridized carbons (Fsp3) is 0.154. The van der Waals surface area contributed by atoms with Gasteiger partial charge in [0, 0.05) is 60.2 Å². The molecule has 12 heteroatoms. The van der Waals surface area contributed by atoms with Crippen molar-refractivity contribution in [3.8, 4) is 0 Å². The third-order valence-electron chi connectivity index (χ3n) is 6.17. The van der Waals surface area contributed by atoms with E-state index in [1.807, 2.05) is 12.1 Å². The van der Waals surface area contributed by atoms with Crippen LogP contribution in [0.2, 0.25) is 5.02 Å². The van der Waals surface area contributed by atoms with Crippen molar-refractivity contribution in [3.05, 3.63) is 89.6 Å². The number of carbonyl (C=O) groups is 1. The molecule has 2 heterocycles. The second-order valence-electron chi connectivity index (χ2n) is 8.61. The topological polar surface area (TPSA) is 94.6 Å². The molecule has 5 rings (SSSR count). The number of nitrogens with one attached hydrogen (secondary N) is 2. The minimum absolute atomic E-state index is 0.0766. The Morgan fingerprint density at radius 3 is 2.34 bits per heavy atom. The maximum Gasteiger partial charge on any atom is 0.322 e. The quantitative estimate of drug-likeness (QED) is 0.340. The van der Waals surface area contributed by atoms with Gasteiger partial charge in [-0.2, -0.15) is 4.31 Å². The first-order chi connectivity index (χ1) is 18.2. The van der Waals surface area contributed by atoms with Gasteiger partial charge in [-0.15, -0.1) is 0 Å². The van der Waals surface area contributed by atoms with Gasteiger partial charge < -0.3 is 15.5 Å². The molecule has 0 bridgehead atoms. The average Bonchev–Trinajstić information content (AvgIpc) is 2.90. The second-order valence-corrected chi connectivity index (χ2v) is 11.0. The van der Waals surface area contributed by atoms with E-state index in [0.717, 1.165) is 28.7 Å². The Bertz CT molecular complexity index is 1610. The number of hydrogen-bond donors (Lipinski definition) is 2. The van der Waals surface area contributed by atoms with Crippen molar-refractivity contribution in [2.24, 2.45) is 0 Å². The van der Waals surface area contributed by atoms with Crippen molar-refractivity contribution < 1.29 is 22.0 Å². The number of hydrogen-bond acceptors (Lipinski definition) is 5. The lowest BCUT2D eigenvalue weighted by Gasteiger charge is -2.34. The van der Waals surface area contributed by atoms with Gasteiger partial charge in [0.2, 0.25) is 10.0 Å². The molecule has 0 radical (unpaired) electrons. The van der Waals surface area contributed by atoms with Gasteiger partial charge in [-0.1, -0.05) is 11.6 Å². The third-order valence-corrected chi connectivity index (χ3v) is 8.32. The summed E-state index contributed by atoms with van der Waals surface area (Å²) in [7, 11) is -3.79. The van der Waals surface area contributed by atoms with Gasteiger partial charge >= 0.3 is 6.03 Å². The summed E-state index contributed by atoms with van der Waals surface area (Å²) in [4.78, 5) is 18.3. The highest BCUT2D eigenvalue weighted by Gasteiger charge is 2.30. The van der Waals surface area contributed by atoms with Crippen LogP contribution in [-0.2, 0) is 10.0 Å². The first-order valence-electron chi connectivity index (χ1n) is 11.6. The smallest absolute Gasteiger partial charge is 0.322 e. The lowest BCUT2D eigenvalue weighted by Crippen LogP contribution is -2.51. The Labute approximate surface area is 222 Å². The summed E-state index contributed by atoms with van der Waals surface area (Å²) < 4.78 is 54.6. The lowest BCUT2D eigenvalue weighted by molar-refractivity contribution is 0.184. The number of carbonyl (C=O) groups excluding carboxylic acids is 1. The summed E-state index contributed by atoms with van der Waals surface area (Å²) in [6.45, 7) is 0.389. The molecule has 1 aromatic heterocycles. The number of nitrogens with zero attached hydrogens (tertiary/aromatic N) is 3. The molecule has 0 atom stereocenters. The van der Waals surface area contributed by atoms with Gasteiger partial charge in [0.15, 0.2) is 0 Å². The number of pyridine rings is 1. The maximum atomic E-state index is 13.8. The monoisotopic (exact) mass is 557 g/mol. The fourth-order valence-corrected chi connectivity index (χ4v) is 5.75. The zero-order valence-electron chi connectivity index (χ0n) is 19.9. The molecule has 196 valence electrons. The fourth-order valence-electron chi connectivity index (χ4n) is 4.16. The zero-order chi connectivity index (χ0) is 26.9. The highest BCUT2D eigenvalue weighted by atomic mass is 35.5. The Kier molecular flexibility index (Phi) is 7.15. The number of rotatable bonds is 5. The number of fused-ring (bicyclic) bond motifs is 1. The van der Waals surface area contributed by atoms with Crippen LogP contribution in [0.5, 0.6) is 0 Å². The number of amides is 2. The number of aromatic nitrogens is 1. The molecule has 4 aromatic rings. The summed E-state index contributed by atoms with van der Waals surface area (Å²) in [5.74, 6) is -1.64. The molecule has 1 aliphatic heterocycles. The predicted molar refractivity (Wildman–Crippen MR) is 142 cm³/mol. The molecule has 0 aliphatic carbocycles. The summed E-state index contributed by atoms with van der Waals surface area (Å²) in [6, 6.07) is 15.9. The van der Waals surface area contributed by atoms with E-state index in [1.54, 1.807) is 30.5 Å². The number of sulfonamides is 1. The Hall–Kier alpha value is -3.80. The first-order valence-corrected chi connectivity index (χ1v) is 13.4. The van der Waals surface area contributed by atoms with E-state index in [9.17, 15) is 22.0 Å². The highest BCUT2D eigenvalue weighted by Crippen LogP contribution is 2.28. The number of halogens is 3. The Balaban J connectivity index is 1.22. The predicted octanol–water partition coefficient (Wildman–Crippen LogP) is 5.45. The molecule has 1 fully saturated rings. The Morgan fingerprint density at radius 2 is 1.63 bits per heavy atom. The van der Waals surface area contributed by atoms with E-state index in [0.29, 0.717) is 16.8 Å². The summed E-state index contributed by atoms with van der Waals surface area (Å²) >= 11 is 6.05. The van der Waals surface area contributed by atoms with E-state index in [1.165, 1.54) is 21.3 Å². The molecule has 2 N–H and O–H groups in total. The summed E-state index contributed by atoms with van der Waals surface area (Å²) in [5, 5.41) is 7.13. The van der Waals surface area contributed by atoms with E-state index in [-0.39, 0.29) is 36.8 Å². The van der Waals surface area contributed by atoms with Crippen LogP contribution in [0.1, 0.15) is 0 Å². The summed E-state index contributed by atoms with van der Waals surface area (Å²) in [5.41, 5.74) is 2.08. The van der Waals surface area contributed by atoms with Crippen LogP contribution in [0.25, 0.3) is 10.9 Å². The van der Waals surface area contributed by atoms with Crippen LogP contribution in [0.4, 0.5) is 30.6 Å². The van der Waals surface area contributed by atoms with E-state index in [2.05, 4.69) is 15.6 Å². The summed E-state index contributed by atoms with van der Waals surface area (Å²) in [6.07, 6.45) is 1.66. The van der Waals surface area contributed by atoms with Crippen LogP contribution in [0.3, 0.4) is 0 Å². The zero-order valence-corrected chi connectivity index (χ0v) is 21.4.